The van der Waals surface area contributed by atoms with Gasteiger partial charge >= 0.3 is 0 Å². The Morgan fingerprint density at radius 1 is 1.05 bits per heavy atom. The van der Waals surface area contributed by atoms with E-state index in [0.717, 1.165) is 10.5 Å². The number of halogens is 1. The molecule has 0 aliphatic rings. The molecule has 5 nitrogen and oxygen atoms in total. The van der Waals surface area contributed by atoms with Crippen molar-refractivity contribution < 1.29 is 14.5 Å². The Bertz CT molecular complexity index is 503. The molecule has 0 saturated heterocycles. The van der Waals surface area contributed by atoms with Gasteiger partial charge in [-0.25, -0.2) is 0 Å². The fraction of sp³-hybridized carbons (Fsp3) is 0.500. The summed E-state index contributed by atoms with van der Waals surface area (Å²) in [7, 11) is 1.83. The first-order valence-electron chi connectivity index (χ1n) is 7.43. The molecule has 0 spiro atoms. The Balaban J connectivity index is 2.41. The van der Waals surface area contributed by atoms with Crippen LogP contribution in [0.25, 0.3) is 0 Å². The minimum absolute atomic E-state index is 0.0500. The quantitative estimate of drug-likeness (QED) is 0.685. The molecule has 1 aromatic rings. The van der Waals surface area contributed by atoms with Crippen molar-refractivity contribution in [1.82, 2.24) is 10.6 Å². The highest BCUT2D eigenvalue weighted by Crippen LogP contribution is 2.15. The molecule has 0 heterocycles. The summed E-state index contributed by atoms with van der Waals surface area (Å²) in [5.74, 6) is -0.136. The number of amides is 2. The third-order valence-electron chi connectivity index (χ3n) is 3.12. The van der Waals surface area contributed by atoms with Gasteiger partial charge in [0.25, 0.3) is 11.8 Å². The fourth-order valence-electron chi connectivity index (χ4n) is 2.11. The van der Waals surface area contributed by atoms with Gasteiger partial charge in [0.05, 0.1) is 13.1 Å². The summed E-state index contributed by atoms with van der Waals surface area (Å²) in [4.78, 5) is 24.5. The number of carbonyl (C=O) groups excluding carboxylic acids is 2. The zero-order valence-corrected chi connectivity index (χ0v) is 14.3. The van der Waals surface area contributed by atoms with Crippen LogP contribution >= 0.6 is 11.6 Å². The molecule has 0 aliphatic heterocycles. The molecule has 2 amide bonds. The molecule has 0 aromatic heterocycles. The van der Waals surface area contributed by atoms with Gasteiger partial charge in [-0.2, -0.15) is 0 Å². The normalized spacial score (nSPS) is 13.5. The lowest BCUT2D eigenvalue weighted by molar-refractivity contribution is -0.862. The summed E-state index contributed by atoms with van der Waals surface area (Å²) in [5, 5.41) is 6.41. The van der Waals surface area contributed by atoms with Crippen LogP contribution in [0.4, 0.5) is 0 Å². The minimum atomic E-state index is -0.0953. The van der Waals surface area contributed by atoms with Crippen LogP contribution < -0.4 is 15.5 Å². The Hall–Kier alpha value is -1.59. The van der Waals surface area contributed by atoms with E-state index in [4.69, 9.17) is 11.6 Å². The average Bonchev–Trinajstić information content (AvgIpc) is 2.37. The van der Waals surface area contributed by atoms with Crippen LogP contribution in [0.5, 0.6) is 0 Å². The van der Waals surface area contributed by atoms with Gasteiger partial charge in [-0.15, -0.1) is 0 Å². The van der Waals surface area contributed by atoms with E-state index in [1.807, 2.05) is 40.0 Å². The van der Waals surface area contributed by atoms with E-state index in [1.54, 1.807) is 12.1 Å². The van der Waals surface area contributed by atoms with Crippen molar-refractivity contribution >= 4 is 23.4 Å². The number of likely N-dealkylation sites (N-methyl/N-ethyl adjacent to an activating group) is 1. The predicted octanol–water partition coefficient (Wildman–Crippen LogP) is 0.557. The highest BCUT2D eigenvalue weighted by Gasteiger charge is 2.16. The van der Waals surface area contributed by atoms with Gasteiger partial charge in [-0.3, -0.25) is 9.59 Å². The standard InChI is InChI=1S/C16H24ClN3O2/c1-11(2)18-15(21)9-20(4)10-16(22)19-12(3)13-5-7-14(17)8-6-13/h5-8,11-12H,9-10H2,1-4H3,(H,18,21)(H,19,22)/p+1/t12-/m1/s1. The SMILES string of the molecule is CC(C)NC(=O)C[NH+](C)CC(=O)N[C@H](C)c1ccc(Cl)cc1. The smallest absolute Gasteiger partial charge is 0.275 e. The first-order valence-corrected chi connectivity index (χ1v) is 7.81. The van der Waals surface area contributed by atoms with Crippen molar-refractivity contribution in [3.8, 4) is 0 Å². The molecule has 0 radical (unpaired) electrons. The second-order valence-corrected chi connectivity index (χ2v) is 6.31. The van der Waals surface area contributed by atoms with Crippen LogP contribution in [0.2, 0.25) is 5.02 Å². The summed E-state index contributed by atoms with van der Waals surface area (Å²) >= 11 is 5.85. The lowest BCUT2D eigenvalue weighted by Gasteiger charge is -2.17. The monoisotopic (exact) mass is 326 g/mol. The van der Waals surface area contributed by atoms with Crippen molar-refractivity contribution in [1.29, 1.82) is 0 Å². The molecule has 1 rings (SSSR count). The minimum Gasteiger partial charge on any atom is -0.349 e. The van der Waals surface area contributed by atoms with Crippen LogP contribution in [0.15, 0.2) is 24.3 Å². The van der Waals surface area contributed by atoms with Crippen LogP contribution in [0, 0.1) is 0 Å². The van der Waals surface area contributed by atoms with Gasteiger partial charge < -0.3 is 15.5 Å². The van der Waals surface area contributed by atoms with E-state index < -0.39 is 0 Å². The summed E-state index contributed by atoms with van der Waals surface area (Å²) in [6, 6.07) is 7.39. The number of hydrogen-bond acceptors (Lipinski definition) is 2. The first-order chi connectivity index (χ1) is 10.3. The van der Waals surface area contributed by atoms with Crippen molar-refractivity contribution in [2.24, 2.45) is 0 Å². The molecule has 2 atom stereocenters. The van der Waals surface area contributed by atoms with E-state index in [0.29, 0.717) is 5.02 Å². The molecule has 0 fully saturated rings. The molecule has 3 N–H and O–H groups in total. The van der Waals surface area contributed by atoms with Gasteiger partial charge in [0, 0.05) is 11.1 Å². The molecular formula is C16H25ClN3O2+. The largest absolute Gasteiger partial charge is 0.349 e. The Kier molecular flexibility index (Phi) is 7.35. The predicted molar refractivity (Wildman–Crippen MR) is 87.9 cm³/mol. The second-order valence-electron chi connectivity index (χ2n) is 5.87. The lowest BCUT2D eigenvalue weighted by atomic mass is 10.1. The molecular weight excluding hydrogens is 302 g/mol. The van der Waals surface area contributed by atoms with Crippen LogP contribution in [0.1, 0.15) is 32.4 Å². The lowest BCUT2D eigenvalue weighted by Crippen LogP contribution is -3.11. The maximum atomic E-state index is 12.0. The molecule has 1 aromatic carbocycles. The number of quaternary nitrogens is 1. The van der Waals surface area contributed by atoms with Crippen molar-refractivity contribution in [3.63, 3.8) is 0 Å². The maximum absolute atomic E-state index is 12.0. The molecule has 1 unspecified atom stereocenters. The van der Waals surface area contributed by atoms with E-state index in [-0.39, 0.29) is 37.0 Å². The van der Waals surface area contributed by atoms with E-state index in [9.17, 15) is 9.59 Å². The van der Waals surface area contributed by atoms with E-state index in [2.05, 4.69) is 10.6 Å². The fourth-order valence-corrected chi connectivity index (χ4v) is 2.24. The number of benzene rings is 1. The van der Waals surface area contributed by atoms with Crippen molar-refractivity contribution in [3.05, 3.63) is 34.9 Å². The van der Waals surface area contributed by atoms with Gasteiger partial charge in [-0.05, 0) is 38.5 Å². The van der Waals surface area contributed by atoms with Crippen molar-refractivity contribution in [2.45, 2.75) is 32.9 Å². The molecule has 6 heteroatoms. The molecule has 122 valence electrons. The highest BCUT2D eigenvalue weighted by molar-refractivity contribution is 6.30. The number of carbonyl (C=O) groups is 2. The van der Waals surface area contributed by atoms with Crippen molar-refractivity contribution in [2.75, 3.05) is 20.1 Å². The Labute approximate surface area is 137 Å². The number of hydrogen-bond donors (Lipinski definition) is 3. The third-order valence-corrected chi connectivity index (χ3v) is 3.37. The summed E-state index contributed by atoms with van der Waals surface area (Å²) < 4.78 is 0. The van der Waals surface area contributed by atoms with Gasteiger partial charge in [-0.1, -0.05) is 23.7 Å². The number of nitrogens with one attached hydrogen (secondary N) is 3. The summed E-state index contributed by atoms with van der Waals surface area (Å²) in [6.07, 6.45) is 0. The Morgan fingerprint density at radius 3 is 2.05 bits per heavy atom. The van der Waals surface area contributed by atoms with Gasteiger partial charge in [0.15, 0.2) is 13.1 Å². The molecule has 0 bridgehead atoms. The molecule has 0 saturated carbocycles. The maximum Gasteiger partial charge on any atom is 0.275 e. The Morgan fingerprint density at radius 2 is 1.55 bits per heavy atom. The zero-order chi connectivity index (χ0) is 16.7. The van der Waals surface area contributed by atoms with E-state index >= 15 is 0 Å². The first kappa shape index (κ1) is 18.5. The van der Waals surface area contributed by atoms with Crippen LogP contribution in [-0.4, -0.2) is 38.0 Å². The summed E-state index contributed by atoms with van der Waals surface area (Å²) in [5.41, 5.74) is 0.993. The molecule has 22 heavy (non-hydrogen) atoms. The number of rotatable bonds is 7. The third kappa shape index (κ3) is 6.91. The summed E-state index contributed by atoms with van der Waals surface area (Å²) in [6.45, 7) is 6.27. The average molecular weight is 327 g/mol. The van der Waals surface area contributed by atoms with Crippen LogP contribution in [-0.2, 0) is 9.59 Å². The van der Waals surface area contributed by atoms with Gasteiger partial charge in [0.1, 0.15) is 0 Å². The highest BCUT2D eigenvalue weighted by atomic mass is 35.5. The topological polar surface area (TPSA) is 62.6 Å². The molecule has 0 aliphatic carbocycles. The zero-order valence-electron chi connectivity index (χ0n) is 13.6. The van der Waals surface area contributed by atoms with Crippen LogP contribution in [0.3, 0.4) is 0 Å². The van der Waals surface area contributed by atoms with Gasteiger partial charge in [0.2, 0.25) is 0 Å². The van der Waals surface area contributed by atoms with E-state index in [1.165, 1.54) is 0 Å². The second kappa shape index (κ2) is 8.76.